The van der Waals surface area contributed by atoms with E-state index in [9.17, 15) is 5.11 Å². The summed E-state index contributed by atoms with van der Waals surface area (Å²) in [6.07, 6.45) is 0. The van der Waals surface area contributed by atoms with Crippen molar-refractivity contribution in [2.24, 2.45) is 11.1 Å². The van der Waals surface area contributed by atoms with E-state index in [0.717, 1.165) is 10.0 Å². The summed E-state index contributed by atoms with van der Waals surface area (Å²) in [5.41, 5.74) is 8.07. The molecule has 0 amide bonds. The molecule has 2 nitrogen and oxygen atoms in total. The molecule has 0 aliphatic rings. The third kappa shape index (κ3) is 3.45. The molecular weight excluding hydrogens is 289 g/mol. The van der Waals surface area contributed by atoms with Gasteiger partial charge in [0.05, 0.1) is 0 Å². The maximum absolute atomic E-state index is 9.28. The lowest BCUT2D eigenvalue weighted by Crippen LogP contribution is -2.32. The van der Waals surface area contributed by atoms with Crippen LogP contribution < -0.4 is 5.73 Å². The van der Waals surface area contributed by atoms with Gasteiger partial charge in [0.15, 0.2) is 0 Å². The Morgan fingerprint density at radius 3 is 2.44 bits per heavy atom. The number of nitrogens with two attached hydrogens (primary N) is 1. The summed E-state index contributed by atoms with van der Waals surface area (Å²) in [5.74, 6) is 0. The van der Waals surface area contributed by atoms with E-state index in [1.54, 1.807) is 0 Å². The minimum absolute atomic E-state index is 0. The predicted molar refractivity (Wildman–Crippen MR) is 73.9 cm³/mol. The molecule has 0 aromatic heterocycles. The van der Waals surface area contributed by atoms with Crippen LogP contribution in [0, 0.1) is 12.3 Å². The highest BCUT2D eigenvalue weighted by Gasteiger charge is 2.28. The third-order valence-corrected chi connectivity index (χ3v) is 3.43. The zero-order chi connectivity index (χ0) is 11.6. The topological polar surface area (TPSA) is 46.2 Å². The van der Waals surface area contributed by atoms with Gasteiger partial charge in [-0.1, -0.05) is 41.9 Å². The second kappa shape index (κ2) is 6.01. The standard InChI is InChI=1S/C12H18BrNO.ClH/c1-8-4-5-9(10(13)6-8)11(14)12(2,3)7-15;/h4-6,11,15H,7,14H2,1-3H3;1H/t11-;/m0./s1. The third-order valence-electron chi connectivity index (χ3n) is 2.74. The Balaban J connectivity index is 0.00000225. The number of aryl methyl sites for hydroxylation is 1. The first-order valence-electron chi connectivity index (χ1n) is 5.01. The summed E-state index contributed by atoms with van der Waals surface area (Å²) in [6.45, 7) is 6.04. The molecule has 0 radical (unpaired) electrons. The molecule has 3 N–H and O–H groups in total. The Bertz CT molecular complexity index is 355. The van der Waals surface area contributed by atoms with Gasteiger partial charge in [-0.2, -0.15) is 0 Å². The average Bonchev–Trinajstić information content (AvgIpc) is 2.17. The van der Waals surface area contributed by atoms with Crippen molar-refractivity contribution >= 4 is 28.3 Å². The van der Waals surface area contributed by atoms with Crippen LogP contribution in [-0.2, 0) is 0 Å². The fourth-order valence-electron chi connectivity index (χ4n) is 1.40. The largest absolute Gasteiger partial charge is 0.396 e. The van der Waals surface area contributed by atoms with E-state index in [-0.39, 0.29) is 30.5 Å². The van der Waals surface area contributed by atoms with Gasteiger partial charge in [-0.25, -0.2) is 0 Å². The maximum Gasteiger partial charge on any atom is 0.0500 e. The molecule has 0 spiro atoms. The molecule has 0 aliphatic heterocycles. The Kier molecular flexibility index (Phi) is 5.98. The number of benzene rings is 1. The van der Waals surface area contributed by atoms with Gasteiger partial charge in [0, 0.05) is 22.5 Å². The van der Waals surface area contributed by atoms with Gasteiger partial charge in [-0.05, 0) is 24.1 Å². The van der Waals surface area contributed by atoms with Crippen molar-refractivity contribution in [1.82, 2.24) is 0 Å². The summed E-state index contributed by atoms with van der Waals surface area (Å²) in [6, 6.07) is 5.93. The van der Waals surface area contributed by atoms with Crippen LogP contribution >= 0.6 is 28.3 Å². The van der Waals surface area contributed by atoms with E-state index in [1.165, 1.54) is 5.56 Å². The highest BCUT2D eigenvalue weighted by Crippen LogP contribution is 2.34. The van der Waals surface area contributed by atoms with Crippen molar-refractivity contribution < 1.29 is 5.11 Å². The van der Waals surface area contributed by atoms with Gasteiger partial charge in [-0.15, -0.1) is 12.4 Å². The fraction of sp³-hybridized carbons (Fsp3) is 0.500. The predicted octanol–water partition coefficient (Wildman–Crippen LogP) is 3.20. The molecule has 0 aliphatic carbocycles. The Hall–Kier alpha value is -0.0900. The van der Waals surface area contributed by atoms with E-state index >= 15 is 0 Å². The van der Waals surface area contributed by atoms with Crippen LogP contribution in [0.5, 0.6) is 0 Å². The first kappa shape index (κ1) is 15.9. The minimum Gasteiger partial charge on any atom is -0.396 e. The van der Waals surface area contributed by atoms with Gasteiger partial charge in [0.1, 0.15) is 0 Å². The normalized spacial score (nSPS) is 13.1. The van der Waals surface area contributed by atoms with Crippen LogP contribution in [0.1, 0.15) is 31.0 Å². The summed E-state index contributed by atoms with van der Waals surface area (Å²) in [5, 5.41) is 9.28. The van der Waals surface area contributed by atoms with Crippen molar-refractivity contribution in [1.29, 1.82) is 0 Å². The van der Waals surface area contributed by atoms with Crippen LogP contribution in [0.25, 0.3) is 0 Å². The number of hydrogen-bond acceptors (Lipinski definition) is 2. The molecule has 0 heterocycles. The van der Waals surface area contributed by atoms with Crippen molar-refractivity contribution in [2.45, 2.75) is 26.8 Å². The van der Waals surface area contributed by atoms with Crippen molar-refractivity contribution in [3.8, 4) is 0 Å². The number of rotatable bonds is 3. The molecule has 0 saturated heterocycles. The minimum atomic E-state index is -0.308. The van der Waals surface area contributed by atoms with E-state index < -0.39 is 0 Å². The second-order valence-electron chi connectivity index (χ2n) is 4.65. The molecule has 1 aromatic rings. The zero-order valence-electron chi connectivity index (χ0n) is 9.83. The Labute approximate surface area is 112 Å². The Morgan fingerprint density at radius 1 is 1.44 bits per heavy atom. The van der Waals surface area contributed by atoms with Crippen molar-refractivity contribution in [3.05, 3.63) is 33.8 Å². The molecule has 1 rings (SSSR count). The lowest BCUT2D eigenvalue weighted by Gasteiger charge is -2.30. The number of aliphatic hydroxyl groups excluding tert-OH is 1. The highest BCUT2D eigenvalue weighted by molar-refractivity contribution is 9.10. The molecule has 1 atom stereocenters. The Morgan fingerprint density at radius 2 is 2.00 bits per heavy atom. The van der Waals surface area contributed by atoms with E-state index in [0.29, 0.717) is 0 Å². The molecule has 0 unspecified atom stereocenters. The highest BCUT2D eigenvalue weighted by atomic mass is 79.9. The molecule has 92 valence electrons. The molecule has 16 heavy (non-hydrogen) atoms. The van der Waals surface area contributed by atoms with Crippen LogP contribution in [0.3, 0.4) is 0 Å². The molecule has 0 bridgehead atoms. The number of halogens is 2. The SMILES string of the molecule is Cc1ccc([C@H](N)C(C)(C)CO)c(Br)c1.Cl. The van der Waals surface area contributed by atoms with E-state index in [4.69, 9.17) is 5.73 Å². The lowest BCUT2D eigenvalue weighted by atomic mass is 9.82. The van der Waals surface area contributed by atoms with E-state index in [2.05, 4.69) is 15.9 Å². The second-order valence-corrected chi connectivity index (χ2v) is 5.50. The van der Waals surface area contributed by atoms with Gasteiger partial charge >= 0.3 is 0 Å². The van der Waals surface area contributed by atoms with Gasteiger partial charge in [0.2, 0.25) is 0 Å². The van der Waals surface area contributed by atoms with Crippen LogP contribution in [0.15, 0.2) is 22.7 Å². The first-order chi connectivity index (χ1) is 6.88. The fourth-order valence-corrected chi connectivity index (χ4v) is 2.14. The maximum atomic E-state index is 9.28. The monoisotopic (exact) mass is 307 g/mol. The summed E-state index contributed by atoms with van der Waals surface area (Å²) in [4.78, 5) is 0. The quantitative estimate of drug-likeness (QED) is 0.901. The smallest absolute Gasteiger partial charge is 0.0500 e. The molecule has 1 aromatic carbocycles. The van der Waals surface area contributed by atoms with Crippen molar-refractivity contribution in [3.63, 3.8) is 0 Å². The number of aliphatic hydroxyl groups is 1. The van der Waals surface area contributed by atoms with E-state index in [1.807, 2.05) is 39.0 Å². The van der Waals surface area contributed by atoms with Crippen LogP contribution in [-0.4, -0.2) is 11.7 Å². The molecule has 0 saturated carbocycles. The van der Waals surface area contributed by atoms with Crippen molar-refractivity contribution in [2.75, 3.05) is 6.61 Å². The van der Waals surface area contributed by atoms with Crippen LogP contribution in [0.4, 0.5) is 0 Å². The number of hydrogen-bond donors (Lipinski definition) is 2. The molecular formula is C12H19BrClNO. The first-order valence-corrected chi connectivity index (χ1v) is 5.80. The molecule has 0 fully saturated rings. The van der Waals surface area contributed by atoms with Gasteiger partial charge < -0.3 is 10.8 Å². The van der Waals surface area contributed by atoms with Gasteiger partial charge in [0.25, 0.3) is 0 Å². The summed E-state index contributed by atoms with van der Waals surface area (Å²) >= 11 is 3.51. The molecule has 4 heteroatoms. The summed E-state index contributed by atoms with van der Waals surface area (Å²) in [7, 11) is 0. The zero-order valence-corrected chi connectivity index (χ0v) is 12.2. The van der Waals surface area contributed by atoms with Crippen LogP contribution in [0.2, 0.25) is 0 Å². The lowest BCUT2D eigenvalue weighted by molar-refractivity contribution is 0.132. The van der Waals surface area contributed by atoms with Gasteiger partial charge in [-0.3, -0.25) is 0 Å². The average molecular weight is 309 g/mol. The summed E-state index contributed by atoms with van der Waals surface area (Å²) < 4.78 is 1.01.